The fourth-order valence-corrected chi connectivity index (χ4v) is 4.29. The number of hydrogen-bond acceptors (Lipinski definition) is 7. The van der Waals surface area contributed by atoms with Gasteiger partial charge in [-0.15, -0.1) is 23.1 Å². The summed E-state index contributed by atoms with van der Waals surface area (Å²) in [7, 11) is 1.39. The molecule has 8 nitrogen and oxygen atoms in total. The fraction of sp³-hybridized carbons (Fsp3) is 0.211. The van der Waals surface area contributed by atoms with Gasteiger partial charge in [0.1, 0.15) is 17.2 Å². The van der Waals surface area contributed by atoms with Crippen molar-refractivity contribution >= 4 is 39.9 Å². The summed E-state index contributed by atoms with van der Waals surface area (Å²) < 4.78 is 67.6. The summed E-state index contributed by atoms with van der Waals surface area (Å²) in [5.41, 5.74) is -4.23. The van der Waals surface area contributed by atoms with Gasteiger partial charge >= 0.3 is 11.9 Å². The molecule has 15 heteroatoms. The number of aromatic amines is 1. The quantitative estimate of drug-likeness (QED) is 0.214. The lowest BCUT2D eigenvalue weighted by Crippen LogP contribution is -2.28. The van der Waals surface area contributed by atoms with Gasteiger partial charge < -0.3 is 5.32 Å². The minimum atomic E-state index is -5.25. The van der Waals surface area contributed by atoms with Crippen molar-refractivity contribution in [1.82, 2.24) is 14.5 Å². The van der Waals surface area contributed by atoms with Gasteiger partial charge in [-0.1, -0.05) is 0 Å². The predicted molar refractivity (Wildman–Crippen MR) is 114 cm³/mol. The predicted octanol–water partition coefficient (Wildman–Crippen LogP) is 3.18. The molecular weight excluding hydrogens is 507 g/mol. The molecule has 180 valence electrons. The van der Waals surface area contributed by atoms with E-state index in [4.69, 9.17) is 0 Å². The van der Waals surface area contributed by atoms with Crippen molar-refractivity contribution < 1.29 is 31.5 Å². The van der Waals surface area contributed by atoms with Crippen LogP contribution in [0, 0.1) is 11.6 Å². The van der Waals surface area contributed by atoms with Crippen LogP contribution in [0.3, 0.4) is 0 Å². The molecule has 34 heavy (non-hydrogen) atoms. The molecule has 2 N–H and O–H groups in total. The van der Waals surface area contributed by atoms with E-state index < -0.39 is 58.3 Å². The second kappa shape index (κ2) is 9.89. The zero-order chi connectivity index (χ0) is 25.2. The molecule has 0 aliphatic rings. The average molecular weight is 520 g/mol. The van der Waals surface area contributed by atoms with Crippen molar-refractivity contribution in [3.05, 3.63) is 61.6 Å². The largest absolute Gasteiger partial charge is 0.422 e. The van der Waals surface area contributed by atoms with E-state index in [-0.39, 0.29) is 21.6 Å². The molecule has 0 atom stereocenters. The van der Waals surface area contributed by atoms with Crippen LogP contribution in [0.1, 0.15) is 12.0 Å². The minimum Gasteiger partial charge on any atom is -0.302 e. The van der Waals surface area contributed by atoms with E-state index in [1.165, 1.54) is 7.05 Å². The lowest BCUT2D eigenvalue weighted by molar-refractivity contribution is -0.142. The topological polar surface area (TPSA) is 114 Å². The maximum absolute atomic E-state index is 14.3. The van der Waals surface area contributed by atoms with E-state index in [0.717, 1.165) is 45.2 Å². The number of amides is 1. The highest BCUT2D eigenvalue weighted by Crippen LogP contribution is 2.38. The van der Waals surface area contributed by atoms with Crippen molar-refractivity contribution in [1.29, 1.82) is 0 Å². The first-order valence-corrected chi connectivity index (χ1v) is 11.0. The highest BCUT2D eigenvalue weighted by Gasteiger charge is 2.39. The van der Waals surface area contributed by atoms with E-state index >= 15 is 0 Å². The summed E-state index contributed by atoms with van der Waals surface area (Å²) in [4.78, 5) is 52.9. The maximum atomic E-state index is 14.3. The number of nitrogens with zero attached hydrogens (tertiary/aromatic N) is 2. The third-order valence-corrected chi connectivity index (χ3v) is 6.17. The Morgan fingerprint density at radius 3 is 2.62 bits per heavy atom. The number of halogens is 5. The first-order valence-electron chi connectivity index (χ1n) is 9.12. The van der Waals surface area contributed by atoms with Gasteiger partial charge in [0.25, 0.3) is 5.56 Å². The Hall–Kier alpha value is -3.33. The molecule has 0 aliphatic carbocycles. The second-order valence-electron chi connectivity index (χ2n) is 6.71. The number of H-pyrrole nitrogens is 1. The molecule has 0 saturated carbocycles. The van der Waals surface area contributed by atoms with E-state index in [9.17, 15) is 41.1 Å². The molecule has 2 aromatic heterocycles. The molecule has 3 aromatic rings. The molecule has 3 rings (SSSR count). The van der Waals surface area contributed by atoms with Crippen molar-refractivity contribution in [2.24, 2.45) is 7.05 Å². The Morgan fingerprint density at radius 1 is 1.24 bits per heavy atom. The van der Waals surface area contributed by atoms with Crippen LogP contribution in [-0.2, 0) is 22.8 Å². The molecular formula is C19H13F5N4O4S2. The number of benzene rings is 1. The maximum Gasteiger partial charge on any atom is 0.422 e. The van der Waals surface area contributed by atoms with Gasteiger partial charge in [-0.3, -0.25) is 23.9 Å². The van der Waals surface area contributed by atoms with E-state index in [2.05, 4.69) is 10.3 Å². The monoisotopic (exact) mass is 520 g/mol. The Morgan fingerprint density at radius 2 is 1.94 bits per heavy atom. The van der Waals surface area contributed by atoms with E-state index in [0.29, 0.717) is 6.07 Å². The highest BCUT2D eigenvalue weighted by molar-refractivity contribution is 7.99. The zero-order valence-corrected chi connectivity index (χ0v) is 18.6. The van der Waals surface area contributed by atoms with Crippen LogP contribution in [-0.4, -0.2) is 32.0 Å². The van der Waals surface area contributed by atoms with E-state index in [1.54, 1.807) is 0 Å². The van der Waals surface area contributed by atoms with Crippen LogP contribution in [0.4, 0.5) is 27.1 Å². The molecule has 0 bridgehead atoms. The Labute approximate surface area is 194 Å². The van der Waals surface area contributed by atoms with Gasteiger partial charge in [0.2, 0.25) is 5.91 Å². The minimum absolute atomic E-state index is 0.116. The number of hydrogen-bond donors (Lipinski definition) is 2. The van der Waals surface area contributed by atoms with Crippen molar-refractivity contribution in [2.45, 2.75) is 17.6 Å². The molecule has 0 aliphatic heterocycles. The number of thiazole rings is 1. The number of Topliss-reactive ketones (excluding diaryl/α,β-unsaturated/α-hetero) is 1. The Bertz CT molecular complexity index is 1380. The van der Waals surface area contributed by atoms with Crippen molar-refractivity contribution in [2.75, 3.05) is 11.1 Å². The van der Waals surface area contributed by atoms with Crippen molar-refractivity contribution in [3.63, 3.8) is 0 Å². The summed E-state index contributed by atoms with van der Waals surface area (Å²) >= 11 is 1.64. The summed E-state index contributed by atoms with van der Waals surface area (Å²) in [6, 6.07) is 2.38. The lowest BCUT2D eigenvalue weighted by Gasteiger charge is -2.11. The van der Waals surface area contributed by atoms with Crippen LogP contribution < -0.4 is 16.6 Å². The number of carbonyl (C=O) groups is 2. The third-order valence-electron chi connectivity index (χ3n) is 4.26. The number of thioether (sulfide) groups is 1. The third kappa shape index (κ3) is 5.77. The van der Waals surface area contributed by atoms with Gasteiger partial charge in [-0.05, 0) is 12.1 Å². The average Bonchev–Trinajstić information content (AvgIpc) is 3.16. The summed E-state index contributed by atoms with van der Waals surface area (Å²) in [5, 5.41) is 3.54. The van der Waals surface area contributed by atoms with Gasteiger partial charge in [0.15, 0.2) is 10.9 Å². The SMILES string of the molecule is Cn1c(SCC(=O)CC(=O)Nc2nc(-c3ccc(F)c(C(F)(F)F)c3F)cs2)cc(=O)[nH]c1=O. The lowest BCUT2D eigenvalue weighted by atomic mass is 10.1. The molecule has 1 aromatic carbocycles. The van der Waals surface area contributed by atoms with Gasteiger partial charge in [0, 0.05) is 24.1 Å². The number of nitrogens with one attached hydrogen (secondary N) is 2. The van der Waals surface area contributed by atoms with Crippen LogP contribution >= 0.6 is 23.1 Å². The summed E-state index contributed by atoms with van der Waals surface area (Å²) in [6.45, 7) is 0. The first kappa shape index (κ1) is 25.3. The van der Waals surface area contributed by atoms with Crippen molar-refractivity contribution in [3.8, 4) is 11.3 Å². The first-order chi connectivity index (χ1) is 15.9. The van der Waals surface area contributed by atoms with E-state index in [1.807, 2.05) is 4.98 Å². The van der Waals surface area contributed by atoms with Crippen LogP contribution in [0.15, 0.2) is 38.2 Å². The standard InChI is InChI=1S/C19H13F5N4O4S2/c1-28-14(5-13(31)27-18(28)32)33-6-8(29)4-12(30)26-17-25-11(7-34-17)9-2-3-10(20)15(16(9)21)19(22,23)24/h2-3,5,7H,4,6H2,1H3,(H,25,26,30)(H,27,31,32). The molecule has 0 saturated heterocycles. The molecule has 0 radical (unpaired) electrons. The molecule has 0 fully saturated rings. The number of alkyl halides is 3. The number of carbonyl (C=O) groups excluding carboxylic acids is 2. The van der Waals surface area contributed by atoms with Crippen LogP contribution in [0.5, 0.6) is 0 Å². The number of rotatable bonds is 7. The van der Waals surface area contributed by atoms with Gasteiger partial charge in [-0.25, -0.2) is 18.6 Å². The fourth-order valence-electron chi connectivity index (χ4n) is 2.69. The smallest absolute Gasteiger partial charge is 0.302 e. The Balaban J connectivity index is 1.65. The van der Waals surface area contributed by atoms with Crippen LogP contribution in [0.25, 0.3) is 11.3 Å². The Kier molecular flexibility index (Phi) is 7.35. The van der Waals surface area contributed by atoms with Crippen LogP contribution in [0.2, 0.25) is 0 Å². The van der Waals surface area contributed by atoms with Gasteiger partial charge in [-0.2, -0.15) is 13.2 Å². The molecule has 1 amide bonds. The molecule has 2 heterocycles. The van der Waals surface area contributed by atoms with Gasteiger partial charge in [0.05, 0.1) is 22.9 Å². The highest BCUT2D eigenvalue weighted by atomic mass is 32.2. The normalized spacial score (nSPS) is 11.5. The number of anilines is 1. The summed E-state index contributed by atoms with van der Waals surface area (Å²) in [5.74, 6) is -5.17. The number of aromatic nitrogens is 3. The second-order valence-corrected chi connectivity index (χ2v) is 8.56. The summed E-state index contributed by atoms with van der Waals surface area (Å²) in [6.07, 6.45) is -5.85. The molecule has 0 spiro atoms. The molecule has 0 unspecified atom stereocenters. The number of ketones is 1. The zero-order valence-electron chi connectivity index (χ0n) is 17.0.